The summed E-state index contributed by atoms with van der Waals surface area (Å²) in [5.41, 5.74) is -0.792. The first-order valence-corrected chi connectivity index (χ1v) is 2.68. The fourth-order valence-electron chi connectivity index (χ4n) is 0.712. The van der Waals surface area contributed by atoms with Crippen molar-refractivity contribution in [3.63, 3.8) is 0 Å². The lowest BCUT2D eigenvalue weighted by atomic mass is 10.3. The van der Waals surface area contributed by atoms with Gasteiger partial charge in [-0.15, -0.1) is 0 Å². The van der Waals surface area contributed by atoms with E-state index in [1.165, 1.54) is 0 Å². The first-order chi connectivity index (χ1) is 3.71. The highest BCUT2D eigenvalue weighted by Crippen LogP contribution is 2.40. The van der Waals surface area contributed by atoms with Crippen molar-refractivity contribution < 1.29 is 8.78 Å². The monoisotopic (exact) mass is 121 g/mol. The lowest BCUT2D eigenvalue weighted by Crippen LogP contribution is -2.34. The SMILES string of the molecule is CNC1(C(F)F)CC1. The molecule has 1 aliphatic rings. The van der Waals surface area contributed by atoms with Crippen molar-refractivity contribution in [2.75, 3.05) is 7.05 Å². The summed E-state index contributed by atoms with van der Waals surface area (Å²) in [5.74, 6) is 0. The molecule has 0 aromatic rings. The summed E-state index contributed by atoms with van der Waals surface area (Å²) in [4.78, 5) is 0. The summed E-state index contributed by atoms with van der Waals surface area (Å²) < 4.78 is 23.6. The van der Waals surface area contributed by atoms with Crippen molar-refractivity contribution in [2.45, 2.75) is 24.8 Å². The largest absolute Gasteiger partial charge is 0.309 e. The number of halogens is 2. The zero-order valence-electron chi connectivity index (χ0n) is 4.75. The minimum Gasteiger partial charge on any atom is -0.309 e. The standard InChI is InChI=1S/C5H9F2N/c1-8-5(2-3-5)4(6)7/h4,8H,2-3H2,1H3. The van der Waals surface area contributed by atoms with Crippen LogP contribution in [0.1, 0.15) is 12.8 Å². The lowest BCUT2D eigenvalue weighted by molar-refractivity contribution is 0.0899. The number of alkyl halides is 2. The molecule has 0 radical (unpaired) electrons. The molecule has 1 aliphatic carbocycles. The average Bonchev–Trinajstić information content (AvgIpc) is 2.44. The molecule has 1 saturated carbocycles. The molecule has 1 rings (SSSR count). The second-order valence-corrected chi connectivity index (χ2v) is 2.21. The van der Waals surface area contributed by atoms with Gasteiger partial charge in [0, 0.05) is 0 Å². The Morgan fingerprint density at radius 2 is 2.00 bits per heavy atom. The van der Waals surface area contributed by atoms with E-state index in [1.54, 1.807) is 7.05 Å². The summed E-state index contributed by atoms with van der Waals surface area (Å²) in [7, 11) is 1.58. The molecule has 8 heavy (non-hydrogen) atoms. The average molecular weight is 121 g/mol. The van der Waals surface area contributed by atoms with E-state index in [9.17, 15) is 8.78 Å². The van der Waals surface area contributed by atoms with E-state index in [4.69, 9.17) is 0 Å². The third-order valence-electron chi connectivity index (χ3n) is 1.70. The molecule has 0 aliphatic heterocycles. The fraction of sp³-hybridized carbons (Fsp3) is 1.00. The molecule has 1 nitrogen and oxygen atoms in total. The van der Waals surface area contributed by atoms with Crippen LogP contribution in [0, 0.1) is 0 Å². The lowest BCUT2D eigenvalue weighted by Gasteiger charge is -2.10. The Kier molecular flexibility index (Phi) is 1.23. The van der Waals surface area contributed by atoms with Crippen molar-refractivity contribution in [3.05, 3.63) is 0 Å². The Hall–Kier alpha value is -0.180. The van der Waals surface area contributed by atoms with E-state index in [0.717, 1.165) is 0 Å². The predicted octanol–water partition coefficient (Wildman–Crippen LogP) is 1.00. The van der Waals surface area contributed by atoms with Crippen LogP contribution in [0.3, 0.4) is 0 Å². The van der Waals surface area contributed by atoms with Crippen molar-refractivity contribution >= 4 is 0 Å². The van der Waals surface area contributed by atoms with E-state index in [1.807, 2.05) is 0 Å². The maximum Gasteiger partial charge on any atom is 0.256 e. The molecular weight excluding hydrogens is 112 g/mol. The van der Waals surface area contributed by atoms with Crippen LogP contribution in [0.25, 0.3) is 0 Å². The first kappa shape index (κ1) is 5.95. The highest BCUT2D eigenvalue weighted by atomic mass is 19.3. The number of hydrogen-bond acceptors (Lipinski definition) is 1. The van der Waals surface area contributed by atoms with Crippen molar-refractivity contribution in [3.8, 4) is 0 Å². The van der Waals surface area contributed by atoms with Gasteiger partial charge >= 0.3 is 0 Å². The number of hydrogen-bond donors (Lipinski definition) is 1. The van der Waals surface area contributed by atoms with E-state index >= 15 is 0 Å². The van der Waals surface area contributed by atoms with Gasteiger partial charge < -0.3 is 5.32 Å². The molecule has 1 fully saturated rings. The molecule has 0 aromatic carbocycles. The van der Waals surface area contributed by atoms with Gasteiger partial charge in [0.05, 0.1) is 5.54 Å². The summed E-state index contributed by atoms with van der Waals surface area (Å²) in [6.07, 6.45) is -0.935. The van der Waals surface area contributed by atoms with Crippen LogP contribution < -0.4 is 5.32 Å². The Morgan fingerprint density at radius 3 is 2.00 bits per heavy atom. The van der Waals surface area contributed by atoms with Gasteiger partial charge in [-0.3, -0.25) is 0 Å². The van der Waals surface area contributed by atoms with E-state index in [-0.39, 0.29) is 0 Å². The summed E-state index contributed by atoms with van der Waals surface area (Å²) in [6, 6.07) is 0. The molecule has 0 spiro atoms. The van der Waals surface area contributed by atoms with Crippen LogP contribution in [0.5, 0.6) is 0 Å². The van der Waals surface area contributed by atoms with Gasteiger partial charge in [0.2, 0.25) is 0 Å². The molecular formula is C5H9F2N. The molecule has 0 amide bonds. The maximum atomic E-state index is 11.8. The third-order valence-corrected chi connectivity index (χ3v) is 1.70. The van der Waals surface area contributed by atoms with Crippen LogP contribution in [0.2, 0.25) is 0 Å². The van der Waals surface area contributed by atoms with Crippen LogP contribution in [0.15, 0.2) is 0 Å². The minimum atomic E-state index is -2.19. The second-order valence-electron chi connectivity index (χ2n) is 2.21. The second kappa shape index (κ2) is 1.65. The van der Waals surface area contributed by atoms with Crippen molar-refractivity contribution in [1.82, 2.24) is 5.32 Å². The third kappa shape index (κ3) is 0.708. The molecule has 0 saturated heterocycles. The van der Waals surface area contributed by atoms with Gasteiger partial charge in [-0.05, 0) is 19.9 Å². The van der Waals surface area contributed by atoms with Gasteiger partial charge in [0.25, 0.3) is 6.43 Å². The quantitative estimate of drug-likeness (QED) is 0.574. The van der Waals surface area contributed by atoms with Crippen LogP contribution in [0.4, 0.5) is 8.78 Å². The fourth-order valence-corrected chi connectivity index (χ4v) is 0.712. The normalized spacial score (nSPS) is 24.0. The van der Waals surface area contributed by atoms with Gasteiger partial charge in [-0.2, -0.15) is 0 Å². The summed E-state index contributed by atoms with van der Waals surface area (Å²) in [6.45, 7) is 0. The molecule has 0 heterocycles. The summed E-state index contributed by atoms with van der Waals surface area (Å²) in [5, 5.41) is 2.60. The summed E-state index contributed by atoms with van der Waals surface area (Å²) >= 11 is 0. The van der Waals surface area contributed by atoms with E-state index in [0.29, 0.717) is 12.8 Å². The Balaban J connectivity index is 2.41. The smallest absolute Gasteiger partial charge is 0.256 e. The van der Waals surface area contributed by atoms with Crippen LogP contribution >= 0.6 is 0 Å². The topological polar surface area (TPSA) is 12.0 Å². The van der Waals surface area contributed by atoms with E-state index < -0.39 is 12.0 Å². The van der Waals surface area contributed by atoms with Gasteiger partial charge in [0.15, 0.2) is 0 Å². The van der Waals surface area contributed by atoms with Crippen LogP contribution in [-0.2, 0) is 0 Å². The van der Waals surface area contributed by atoms with Gasteiger partial charge in [0.1, 0.15) is 0 Å². The van der Waals surface area contributed by atoms with E-state index in [2.05, 4.69) is 5.32 Å². The van der Waals surface area contributed by atoms with Gasteiger partial charge in [-0.1, -0.05) is 0 Å². The van der Waals surface area contributed by atoms with Crippen LogP contribution in [-0.4, -0.2) is 19.0 Å². The van der Waals surface area contributed by atoms with Crippen molar-refractivity contribution in [2.24, 2.45) is 0 Å². The number of nitrogens with one attached hydrogen (secondary N) is 1. The zero-order chi connectivity index (χ0) is 6.20. The Bertz CT molecular complexity index is 88.4. The zero-order valence-corrected chi connectivity index (χ0v) is 4.75. The molecule has 0 atom stereocenters. The molecule has 0 unspecified atom stereocenters. The number of rotatable bonds is 2. The molecule has 0 aromatic heterocycles. The predicted molar refractivity (Wildman–Crippen MR) is 27.0 cm³/mol. The molecule has 3 heteroatoms. The molecule has 0 bridgehead atoms. The Morgan fingerprint density at radius 1 is 1.50 bits per heavy atom. The minimum absolute atomic E-state index is 0.626. The highest BCUT2D eigenvalue weighted by Gasteiger charge is 2.49. The Labute approximate surface area is 47.1 Å². The molecule has 1 N–H and O–H groups in total. The maximum absolute atomic E-state index is 11.8. The first-order valence-electron chi connectivity index (χ1n) is 2.68. The van der Waals surface area contributed by atoms with Gasteiger partial charge in [-0.25, -0.2) is 8.78 Å². The molecule has 48 valence electrons. The van der Waals surface area contributed by atoms with Crippen molar-refractivity contribution in [1.29, 1.82) is 0 Å². The highest BCUT2D eigenvalue weighted by molar-refractivity contribution is 5.03.